The average Bonchev–Trinajstić information content (AvgIpc) is 2.46. The van der Waals surface area contributed by atoms with Crippen molar-refractivity contribution in [2.75, 3.05) is 19.6 Å². The Kier molecular flexibility index (Phi) is 11.5. The minimum absolute atomic E-state index is 0. The van der Waals surface area contributed by atoms with Gasteiger partial charge in [0, 0.05) is 6.04 Å². The highest BCUT2D eigenvalue weighted by Crippen LogP contribution is 2.41. The summed E-state index contributed by atoms with van der Waals surface area (Å²) in [6.07, 6.45) is 1.32. The van der Waals surface area contributed by atoms with E-state index in [1.54, 1.807) is 0 Å². The molecule has 7 heteroatoms. The quantitative estimate of drug-likeness (QED) is 0.753. The Morgan fingerprint density at radius 2 is 1.82 bits per heavy atom. The van der Waals surface area contributed by atoms with E-state index in [2.05, 4.69) is 10.6 Å². The van der Waals surface area contributed by atoms with Gasteiger partial charge in [-0.25, -0.2) is 0 Å². The van der Waals surface area contributed by atoms with Crippen molar-refractivity contribution in [1.29, 1.82) is 0 Å². The number of aliphatic carboxylic acids is 1. The van der Waals surface area contributed by atoms with Crippen molar-refractivity contribution < 1.29 is 15.4 Å². The predicted molar refractivity (Wildman–Crippen MR) is 93.1 cm³/mol. The molecule has 0 amide bonds. The molecule has 1 atom stereocenters. The van der Waals surface area contributed by atoms with Gasteiger partial charge in [0.2, 0.25) is 0 Å². The first-order valence-corrected chi connectivity index (χ1v) is 6.93. The first-order chi connectivity index (χ1) is 9.20. The summed E-state index contributed by atoms with van der Waals surface area (Å²) in [5, 5.41) is 16.4. The standard InChI is InChI=1S/C15H22N2O2.2ClH.H2O/c1-2-17-13(12-6-4-3-5-7-12)15(14(18)19)8-10-16-11-9-15;;;/h3-7,13,16-17H,2,8-11H2,1H3,(H,18,19);2*1H;1H2. The van der Waals surface area contributed by atoms with Gasteiger partial charge in [0.15, 0.2) is 0 Å². The number of rotatable bonds is 5. The van der Waals surface area contributed by atoms with E-state index >= 15 is 0 Å². The molecule has 2 rings (SSSR count). The molecule has 1 fully saturated rings. The van der Waals surface area contributed by atoms with Crippen LogP contribution in [0.5, 0.6) is 0 Å². The topological polar surface area (TPSA) is 92.9 Å². The molecule has 1 heterocycles. The first kappa shape index (κ1) is 23.4. The largest absolute Gasteiger partial charge is 0.481 e. The van der Waals surface area contributed by atoms with Crippen molar-refractivity contribution in [2.24, 2.45) is 5.41 Å². The lowest BCUT2D eigenvalue weighted by Gasteiger charge is -2.41. The van der Waals surface area contributed by atoms with Crippen molar-refractivity contribution in [3.8, 4) is 0 Å². The zero-order chi connectivity index (χ0) is 13.7. The number of carbonyl (C=O) groups is 1. The summed E-state index contributed by atoms with van der Waals surface area (Å²) in [6, 6.07) is 9.80. The van der Waals surface area contributed by atoms with Crippen LogP contribution in [-0.4, -0.2) is 36.2 Å². The van der Waals surface area contributed by atoms with Gasteiger partial charge in [-0.15, -0.1) is 24.8 Å². The minimum Gasteiger partial charge on any atom is -0.481 e. The second kappa shape index (κ2) is 10.8. The van der Waals surface area contributed by atoms with Crippen molar-refractivity contribution in [1.82, 2.24) is 10.6 Å². The van der Waals surface area contributed by atoms with E-state index in [1.807, 2.05) is 37.3 Å². The Morgan fingerprint density at radius 3 is 2.27 bits per heavy atom. The van der Waals surface area contributed by atoms with E-state index in [9.17, 15) is 9.90 Å². The average molecular weight is 353 g/mol. The summed E-state index contributed by atoms with van der Waals surface area (Å²) in [7, 11) is 0. The van der Waals surface area contributed by atoms with Gasteiger partial charge in [-0.1, -0.05) is 37.3 Å². The fraction of sp³-hybridized carbons (Fsp3) is 0.533. The van der Waals surface area contributed by atoms with Gasteiger partial charge in [0.1, 0.15) is 0 Å². The van der Waals surface area contributed by atoms with E-state index in [4.69, 9.17) is 0 Å². The van der Waals surface area contributed by atoms with E-state index in [0.29, 0.717) is 12.8 Å². The number of nitrogens with one attached hydrogen (secondary N) is 2. The molecule has 22 heavy (non-hydrogen) atoms. The Labute approximate surface area is 144 Å². The molecule has 0 bridgehead atoms. The molecule has 0 aliphatic carbocycles. The van der Waals surface area contributed by atoms with Crippen LogP contribution in [0.4, 0.5) is 0 Å². The molecule has 1 aliphatic rings. The van der Waals surface area contributed by atoms with Crippen molar-refractivity contribution in [3.63, 3.8) is 0 Å². The second-order valence-electron chi connectivity index (χ2n) is 5.11. The normalized spacial score (nSPS) is 17.1. The van der Waals surface area contributed by atoms with Gasteiger partial charge in [-0.3, -0.25) is 4.79 Å². The zero-order valence-electron chi connectivity index (χ0n) is 12.7. The summed E-state index contributed by atoms with van der Waals surface area (Å²) < 4.78 is 0. The number of benzene rings is 1. The molecule has 0 spiro atoms. The third-order valence-electron chi connectivity index (χ3n) is 4.02. The van der Waals surface area contributed by atoms with Gasteiger partial charge in [-0.05, 0) is 38.0 Å². The third-order valence-corrected chi connectivity index (χ3v) is 4.02. The Balaban J connectivity index is 0. The summed E-state index contributed by atoms with van der Waals surface area (Å²) in [5.74, 6) is -0.691. The maximum Gasteiger partial charge on any atom is 0.311 e. The monoisotopic (exact) mass is 352 g/mol. The van der Waals surface area contributed by atoms with Crippen LogP contribution in [-0.2, 0) is 4.79 Å². The predicted octanol–water partition coefficient (Wildman–Crippen LogP) is 1.81. The fourth-order valence-electron chi connectivity index (χ4n) is 2.98. The lowest BCUT2D eigenvalue weighted by atomic mass is 9.70. The van der Waals surface area contributed by atoms with Crippen LogP contribution in [0.15, 0.2) is 30.3 Å². The van der Waals surface area contributed by atoms with Crippen LogP contribution >= 0.6 is 24.8 Å². The maximum absolute atomic E-state index is 11.9. The zero-order valence-corrected chi connectivity index (χ0v) is 14.3. The molecule has 0 saturated carbocycles. The molecule has 1 aromatic rings. The third kappa shape index (κ3) is 4.83. The van der Waals surface area contributed by atoms with Crippen LogP contribution < -0.4 is 10.6 Å². The molecular weight excluding hydrogens is 327 g/mol. The number of carboxylic acid groups (broad SMARTS) is 1. The minimum atomic E-state index is -0.706. The van der Waals surface area contributed by atoms with Crippen LogP contribution in [0.1, 0.15) is 31.4 Å². The Morgan fingerprint density at radius 1 is 1.27 bits per heavy atom. The molecule has 0 radical (unpaired) electrons. The summed E-state index contributed by atoms with van der Waals surface area (Å²) in [5.41, 5.74) is 0.358. The first-order valence-electron chi connectivity index (χ1n) is 6.93. The van der Waals surface area contributed by atoms with Crippen molar-refractivity contribution in [3.05, 3.63) is 35.9 Å². The van der Waals surface area contributed by atoms with Crippen molar-refractivity contribution in [2.45, 2.75) is 25.8 Å². The van der Waals surface area contributed by atoms with Crippen molar-refractivity contribution >= 4 is 30.8 Å². The van der Waals surface area contributed by atoms with Crippen LogP contribution in [0.25, 0.3) is 0 Å². The van der Waals surface area contributed by atoms with Crippen LogP contribution in [0.2, 0.25) is 0 Å². The van der Waals surface area contributed by atoms with E-state index in [1.165, 1.54) is 0 Å². The van der Waals surface area contributed by atoms with E-state index in [-0.39, 0.29) is 36.3 Å². The molecule has 1 unspecified atom stereocenters. The smallest absolute Gasteiger partial charge is 0.311 e. The molecule has 1 saturated heterocycles. The van der Waals surface area contributed by atoms with E-state index in [0.717, 1.165) is 25.2 Å². The second-order valence-corrected chi connectivity index (χ2v) is 5.11. The van der Waals surface area contributed by atoms with Gasteiger partial charge < -0.3 is 21.2 Å². The van der Waals surface area contributed by atoms with Gasteiger partial charge in [0.25, 0.3) is 0 Å². The summed E-state index contributed by atoms with van der Waals surface area (Å²) in [4.78, 5) is 11.9. The highest BCUT2D eigenvalue weighted by atomic mass is 35.5. The number of piperidine rings is 1. The number of carboxylic acids is 1. The Hall–Kier alpha value is -0.850. The lowest BCUT2D eigenvalue weighted by molar-refractivity contribution is -0.153. The van der Waals surface area contributed by atoms with Gasteiger partial charge >= 0.3 is 5.97 Å². The van der Waals surface area contributed by atoms with Gasteiger partial charge in [0.05, 0.1) is 5.41 Å². The molecule has 128 valence electrons. The molecular formula is C15H26Cl2N2O3. The highest BCUT2D eigenvalue weighted by molar-refractivity contribution is 5.85. The number of hydrogen-bond donors (Lipinski definition) is 3. The number of halogens is 2. The molecule has 5 N–H and O–H groups in total. The molecule has 0 aromatic heterocycles. The van der Waals surface area contributed by atoms with Crippen LogP contribution in [0.3, 0.4) is 0 Å². The summed E-state index contributed by atoms with van der Waals surface area (Å²) in [6.45, 7) is 4.32. The number of hydrogen-bond acceptors (Lipinski definition) is 3. The highest BCUT2D eigenvalue weighted by Gasteiger charge is 2.46. The Bertz CT molecular complexity index is 426. The maximum atomic E-state index is 11.9. The molecule has 1 aromatic carbocycles. The van der Waals surface area contributed by atoms with Crippen LogP contribution in [0, 0.1) is 5.41 Å². The molecule has 5 nitrogen and oxygen atoms in total. The summed E-state index contributed by atoms with van der Waals surface area (Å²) >= 11 is 0. The van der Waals surface area contributed by atoms with E-state index < -0.39 is 11.4 Å². The lowest BCUT2D eigenvalue weighted by Crippen LogP contribution is -2.50. The fourth-order valence-corrected chi connectivity index (χ4v) is 2.98. The van der Waals surface area contributed by atoms with Gasteiger partial charge in [-0.2, -0.15) is 0 Å². The molecule has 1 aliphatic heterocycles. The SMILES string of the molecule is CCNC(c1ccccc1)C1(C(=O)O)CCNCC1.Cl.Cl.O.